The second-order valence-electron chi connectivity index (χ2n) is 6.74. The first-order valence-electron chi connectivity index (χ1n) is 8.71. The lowest BCUT2D eigenvalue weighted by Gasteiger charge is -2.32. The number of halogens is 1. The number of piperidine rings is 1. The van der Waals surface area contributed by atoms with Gasteiger partial charge in [0, 0.05) is 25.6 Å². The molecule has 0 spiro atoms. The molecule has 6 heteroatoms. The van der Waals surface area contributed by atoms with E-state index in [2.05, 4.69) is 10.6 Å². The Morgan fingerprint density at radius 1 is 1.21 bits per heavy atom. The molecule has 1 saturated carbocycles. The Kier molecular flexibility index (Phi) is 5.33. The molecule has 5 nitrogen and oxygen atoms in total. The number of anilines is 1. The van der Waals surface area contributed by atoms with Gasteiger partial charge < -0.3 is 15.5 Å². The zero-order valence-electron chi connectivity index (χ0n) is 13.8. The number of nitrogens with one attached hydrogen (secondary N) is 2. The van der Waals surface area contributed by atoms with Crippen molar-refractivity contribution in [2.45, 2.75) is 44.6 Å². The van der Waals surface area contributed by atoms with E-state index in [1.165, 1.54) is 6.07 Å². The number of benzene rings is 1. The van der Waals surface area contributed by atoms with Gasteiger partial charge in [0.1, 0.15) is 5.82 Å². The van der Waals surface area contributed by atoms with Gasteiger partial charge in [0.15, 0.2) is 0 Å². The normalized spacial score (nSPS) is 20.5. The van der Waals surface area contributed by atoms with Crippen molar-refractivity contribution >= 4 is 17.6 Å². The molecular formula is C18H24FN3O2. The molecule has 1 saturated heterocycles. The van der Waals surface area contributed by atoms with Gasteiger partial charge in [-0.1, -0.05) is 12.1 Å². The van der Waals surface area contributed by atoms with Crippen molar-refractivity contribution in [3.8, 4) is 0 Å². The predicted molar refractivity (Wildman–Crippen MR) is 90.1 cm³/mol. The molecule has 0 bridgehead atoms. The highest BCUT2D eigenvalue weighted by atomic mass is 19.1. The Hall–Kier alpha value is -2.11. The number of carbonyl (C=O) groups excluding carboxylic acids is 2. The van der Waals surface area contributed by atoms with E-state index in [1.807, 2.05) is 0 Å². The Morgan fingerprint density at radius 3 is 2.75 bits per heavy atom. The summed E-state index contributed by atoms with van der Waals surface area (Å²) in [5, 5.41) is 5.63. The number of para-hydroxylation sites is 1. The predicted octanol–water partition coefficient (Wildman–Crippen LogP) is 3.13. The minimum Gasteiger partial charge on any atom is -0.353 e. The molecule has 24 heavy (non-hydrogen) atoms. The summed E-state index contributed by atoms with van der Waals surface area (Å²) in [6, 6.07) is 6.29. The Balaban J connectivity index is 1.46. The van der Waals surface area contributed by atoms with Crippen LogP contribution in [0.15, 0.2) is 24.3 Å². The maximum Gasteiger partial charge on any atom is 0.321 e. The minimum atomic E-state index is -0.434. The summed E-state index contributed by atoms with van der Waals surface area (Å²) >= 11 is 0. The number of hydrogen-bond acceptors (Lipinski definition) is 2. The molecule has 0 aromatic heterocycles. The van der Waals surface area contributed by atoms with Gasteiger partial charge in [0.25, 0.3) is 0 Å². The lowest BCUT2D eigenvalue weighted by atomic mass is 9.93. The summed E-state index contributed by atoms with van der Waals surface area (Å²) in [6.07, 6.45) is 5.45. The van der Waals surface area contributed by atoms with Crippen LogP contribution in [-0.4, -0.2) is 36.0 Å². The van der Waals surface area contributed by atoms with Crippen LogP contribution in [0.3, 0.4) is 0 Å². The molecule has 0 radical (unpaired) electrons. The van der Waals surface area contributed by atoms with Gasteiger partial charge in [-0.2, -0.15) is 0 Å². The molecule has 1 heterocycles. The summed E-state index contributed by atoms with van der Waals surface area (Å²) in [6.45, 7) is 1.29. The van der Waals surface area contributed by atoms with Crippen molar-refractivity contribution in [3.05, 3.63) is 30.1 Å². The van der Waals surface area contributed by atoms with Crippen molar-refractivity contribution in [2.24, 2.45) is 5.92 Å². The maximum atomic E-state index is 13.6. The molecule has 1 aliphatic heterocycles. The highest BCUT2D eigenvalue weighted by Crippen LogP contribution is 2.23. The summed E-state index contributed by atoms with van der Waals surface area (Å²) in [7, 11) is 0. The van der Waals surface area contributed by atoms with Crippen molar-refractivity contribution in [2.75, 3.05) is 18.4 Å². The van der Waals surface area contributed by atoms with E-state index in [1.54, 1.807) is 23.1 Å². The lowest BCUT2D eigenvalue weighted by Crippen LogP contribution is -2.42. The van der Waals surface area contributed by atoms with E-state index < -0.39 is 5.82 Å². The second-order valence-corrected chi connectivity index (χ2v) is 6.74. The topological polar surface area (TPSA) is 61.4 Å². The SMILES string of the molecule is O=C(CCC1CCCN(C(=O)Nc2ccccc2F)C1)NC1CC1. The van der Waals surface area contributed by atoms with E-state index in [0.29, 0.717) is 31.5 Å². The minimum absolute atomic E-state index is 0.116. The van der Waals surface area contributed by atoms with Crippen LogP contribution in [0.4, 0.5) is 14.9 Å². The number of carbonyl (C=O) groups is 2. The van der Waals surface area contributed by atoms with E-state index in [4.69, 9.17) is 0 Å². The number of likely N-dealkylation sites (tertiary alicyclic amines) is 1. The average molecular weight is 333 g/mol. The quantitative estimate of drug-likeness (QED) is 0.870. The van der Waals surface area contributed by atoms with Gasteiger partial charge in [-0.05, 0) is 50.2 Å². The van der Waals surface area contributed by atoms with E-state index in [9.17, 15) is 14.0 Å². The molecule has 2 aliphatic rings. The number of urea groups is 1. The van der Waals surface area contributed by atoms with Crippen LogP contribution in [-0.2, 0) is 4.79 Å². The zero-order valence-corrected chi connectivity index (χ0v) is 13.8. The van der Waals surface area contributed by atoms with Gasteiger partial charge in [-0.15, -0.1) is 0 Å². The zero-order chi connectivity index (χ0) is 16.9. The van der Waals surface area contributed by atoms with Crippen molar-refractivity contribution in [1.29, 1.82) is 0 Å². The number of hydrogen-bond donors (Lipinski definition) is 2. The van der Waals surface area contributed by atoms with E-state index in [0.717, 1.165) is 32.1 Å². The fourth-order valence-electron chi connectivity index (χ4n) is 3.10. The molecule has 1 atom stereocenters. The molecule has 2 fully saturated rings. The van der Waals surface area contributed by atoms with Crippen LogP contribution in [0, 0.1) is 11.7 Å². The molecule has 1 aromatic carbocycles. The fourth-order valence-corrected chi connectivity index (χ4v) is 3.10. The lowest BCUT2D eigenvalue weighted by molar-refractivity contribution is -0.121. The maximum absolute atomic E-state index is 13.6. The van der Waals surface area contributed by atoms with Crippen molar-refractivity contribution in [1.82, 2.24) is 10.2 Å². The summed E-state index contributed by atoms with van der Waals surface area (Å²) in [5.41, 5.74) is 0.202. The molecular weight excluding hydrogens is 309 g/mol. The van der Waals surface area contributed by atoms with Crippen LogP contribution in [0.5, 0.6) is 0 Å². The van der Waals surface area contributed by atoms with Crippen LogP contribution in [0.2, 0.25) is 0 Å². The number of rotatable bonds is 5. The first-order chi connectivity index (χ1) is 11.6. The third kappa shape index (κ3) is 4.69. The summed E-state index contributed by atoms with van der Waals surface area (Å²) in [5.74, 6) is 0.0108. The highest BCUT2D eigenvalue weighted by Gasteiger charge is 2.26. The van der Waals surface area contributed by atoms with Crippen LogP contribution in [0.25, 0.3) is 0 Å². The third-order valence-electron chi connectivity index (χ3n) is 4.64. The van der Waals surface area contributed by atoms with Gasteiger partial charge in [-0.3, -0.25) is 4.79 Å². The molecule has 3 rings (SSSR count). The second kappa shape index (κ2) is 7.64. The Labute approximate surface area is 141 Å². The molecule has 1 aliphatic carbocycles. The summed E-state index contributed by atoms with van der Waals surface area (Å²) < 4.78 is 13.6. The van der Waals surface area contributed by atoms with Gasteiger partial charge >= 0.3 is 6.03 Å². The van der Waals surface area contributed by atoms with Crippen LogP contribution < -0.4 is 10.6 Å². The molecule has 3 amide bonds. The first kappa shape index (κ1) is 16.7. The van der Waals surface area contributed by atoms with Gasteiger partial charge in [0.05, 0.1) is 5.69 Å². The molecule has 1 aromatic rings. The Bertz CT molecular complexity index is 604. The Morgan fingerprint density at radius 2 is 2.00 bits per heavy atom. The van der Waals surface area contributed by atoms with Gasteiger partial charge in [0.2, 0.25) is 5.91 Å². The van der Waals surface area contributed by atoms with Crippen LogP contribution >= 0.6 is 0 Å². The highest BCUT2D eigenvalue weighted by molar-refractivity contribution is 5.89. The largest absolute Gasteiger partial charge is 0.353 e. The number of nitrogens with zero attached hydrogens (tertiary/aromatic N) is 1. The fraction of sp³-hybridized carbons (Fsp3) is 0.556. The summed E-state index contributed by atoms with van der Waals surface area (Å²) in [4.78, 5) is 25.8. The van der Waals surface area contributed by atoms with Crippen molar-refractivity contribution < 1.29 is 14.0 Å². The molecule has 2 N–H and O–H groups in total. The van der Waals surface area contributed by atoms with Gasteiger partial charge in [-0.25, -0.2) is 9.18 Å². The molecule has 1 unspecified atom stereocenters. The standard InChI is InChI=1S/C18H24FN3O2/c19-15-5-1-2-6-16(15)21-18(24)22-11-3-4-13(12-22)7-10-17(23)20-14-8-9-14/h1-2,5-6,13-14H,3-4,7-12H2,(H,20,23)(H,21,24). The monoisotopic (exact) mass is 333 g/mol. The van der Waals surface area contributed by atoms with E-state index >= 15 is 0 Å². The first-order valence-corrected chi connectivity index (χ1v) is 8.71. The van der Waals surface area contributed by atoms with Crippen LogP contribution in [0.1, 0.15) is 38.5 Å². The number of amides is 3. The molecule has 130 valence electrons. The van der Waals surface area contributed by atoms with Crippen molar-refractivity contribution in [3.63, 3.8) is 0 Å². The third-order valence-corrected chi connectivity index (χ3v) is 4.64. The smallest absolute Gasteiger partial charge is 0.321 e. The average Bonchev–Trinajstić information content (AvgIpc) is 3.39. The van der Waals surface area contributed by atoms with E-state index in [-0.39, 0.29) is 17.6 Å².